The van der Waals surface area contributed by atoms with E-state index in [9.17, 15) is 13.2 Å². The van der Waals surface area contributed by atoms with E-state index in [1.807, 2.05) is 90.2 Å². The molecule has 4 aromatic rings. The fraction of sp³-hybridized carbons (Fsp3) is 0.371. The Hall–Kier alpha value is -3.91. The Labute approximate surface area is 254 Å². The van der Waals surface area contributed by atoms with E-state index in [0.717, 1.165) is 51.4 Å². The molecule has 1 aliphatic carbocycles. The van der Waals surface area contributed by atoms with Crippen molar-refractivity contribution < 1.29 is 17.9 Å². The number of para-hydroxylation sites is 1. The van der Waals surface area contributed by atoms with Crippen LogP contribution in [0, 0.1) is 19.8 Å². The summed E-state index contributed by atoms with van der Waals surface area (Å²) in [6.07, 6.45) is 4.20. The van der Waals surface area contributed by atoms with Crippen LogP contribution in [0.4, 0.5) is 0 Å². The molecule has 1 aliphatic heterocycles. The Bertz CT molecular complexity index is 1710. The van der Waals surface area contributed by atoms with E-state index < -0.39 is 9.84 Å². The van der Waals surface area contributed by atoms with Crippen molar-refractivity contribution in [2.45, 2.75) is 58.5 Å². The largest absolute Gasteiger partial charge is 0.493 e. The first kappa shape index (κ1) is 29.2. The number of carbonyl (C=O) groups excluding carboxylic acids is 1. The lowest BCUT2D eigenvalue weighted by Crippen LogP contribution is -2.41. The van der Waals surface area contributed by atoms with Gasteiger partial charge in [-0.05, 0) is 74.6 Å². The van der Waals surface area contributed by atoms with Gasteiger partial charge in [0.2, 0.25) is 5.91 Å². The van der Waals surface area contributed by atoms with E-state index in [2.05, 4.69) is 19.2 Å². The highest BCUT2D eigenvalue weighted by molar-refractivity contribution is 7.91. The molecule has 1 amide bonds. The Balaban J connectivity index is 1.32. The van der Waals surface area contributed by atoms with Gasteiger partial charge in [-0.1, -0.05) is 55.0 Å². The Morgan fingerprint density at radius 2 is 1.81 bits per heavy atom. The molecule has 0 spiro atoms. The van der Waals surface area contributed by atoms with E-state index in [1.54, 1.807) is 0 Å². The van der Waals surface area contributed by atoms with Crippen LogP contribution in [0.5, 0.6) is 5.75 Å². The van der Waals surface area contributed by atoms with Gasteiger partial charge < -0.3 is 9.64 Å². The molecular formula is C35H39N3O4S. The van der Waals surface area contributed by atoms with Gasteiger partial charge in [-0.15, -0.1) is 0 Å². The van der Waals surface area contributed by atoms with Crippen LogP contribution in [0.25, 0.3) is 16.9 Å². The lowest BCUT2D eigenvalue weighted by Gasteiger charge is -2.29. The number of amides is 1. The van der Waals surface area contributed by atoms with Gasteiger partial charge in [0.05, 0.1) is 29.5 Å². The van der Waals surface area contributed by atoms with Gasteiger partial charge in [-0.25, -0.2) is 13.1 Å². The maximum Gasteiger partial charge on any atom is 0.226 e. The van der Waals surface area contributed by atoms with E-state index >= 15 is 0 Å². The summed E-state index contributed by atoms with van der Waals surface area (Å²) in [6, 6.07) is 24.0. The molecule has 0 radical (unpaired) electrons. The van der Waals surface area contributed by atoms with Crippen LogP contribution >= 0.6 is 0 Å². The van der Waals surface area contributed by atoms with Gasteiger partial charge in [-0.3, -0.25) is 4.79 Å². The molecule has 3 atom stereocenters. The maximum atomic E-state index is 14.2. The molecule has 0 N–H and O–H groups in total. The molecule has 8 heteroatoms. The summed E-state index contributed by atoms with van der Waals surface area (Å²) < 4.78 is 32.7. The second kappa shape index (κ2) is 12.0. The van der Waals surface area contributed by atoms with Crippen molar-refractivity contribution in [1.29, 1.82) is 0 Å². The molecule has 1 saturated carbocycles. The zero-order chi connectivity index (χ0) is 30.1. The summed E-state index contributed by atoms with van der Waals surface area (Å²) in [5.41, 5.74) is 7.05. The topological polar surface area (TPSA) is 81.5 Å². The molecule has 7 nitrogen and oxygen atoms in total. The third kappa shape index (κ3) is 6.39. The number of benzene rings is 3. The smallest absolute Gasteiger partial charge is 0.226 e. The average molecular weight is 598 g/mol. The van der Waals surface area contributed by atoms with Gasteiger partial charge in [0.15, 0.2) is 9.84 Å². The van der Waals surface area contributed by atoms with Crippen molar-refractivity contribution in [3.05, 3.63) is 101 Å². The molecule has 224 valence electrons. The number of ether oxygens (including phenoxy) is 1. The lowest BCUT2D eigenvalue weighted by atomic mass is 10.0. The fourth-order valence-corrected chi connectivity index (χ4v) is 7.82. The quantitative estimate of drug-likeness (QED) is 0.215. The number of carbonyl (C=O) groups is 1. The second-order valence-corrected chi connectivity index (χ2v) is 14.2. The predicted molar refractivity (Wildman–Crippen MR) is 169 cm³/mol. The fourth-order valence-electron chi connectivity index (χ4n) is 6.09. The summed E-state index contributed by atoms with van der Waals surface area (Å²) in [5.74, 6) is 0.863. The minimum Gasteiger partial charge on any atom is -0.493 e. The highest BCUT2D eigenvalue weighted by atomic mass is 32.2. The SMILES string of the molecule is CCCOc1ccc(-c2nn(-c3ccccc3)cc2C2CC2C(=O)N(Cc2ccc(C)cc2)C2CCS(=O)(=O)C2)cc1C. The van der Waals surface area contributed by atoms with Crippen LogP contribution in [0.3, 0.4) is 0 Å². The van der Waals surface area contributed by atoms with Gasteiger partial charge in [-0.2, -0.15) is 5.10 Å². The molecule has 2 aliphatic rings. The van der Waals surface area contributed by atoms with Crippen molar-refractivity contribution >= 4 is 15.7 Å². The molecular weight excluding hydrogens is 558 g/mol. The molecule has 2 heterocycles. The van der Waals surface area contributed by atoms with E-state index in [0.29, 0.717) is 26.0 Å². The standard InChI is InChI=1S/C35H39N3O4S/c1-4-17-42-33-15-14-27(19-25(33)3)34-32(22-38(36-34)28-8-6-5-7-9-28)30-20-31(30)35(39)37(29-16-18-43(40,41)23-29)21-26-12-10-24(2)11-13-26/h5-15,19,22,29-31H,4,16-18,20-21,23H2,1-3H3. The number of aryl methyl sites for hydroxylation is 2. The van der Waals surface area contributed by atoms with E-state index in [1.165, 1.54) is 0 Å². The first-order valence-corrected chi connectivity index (χ1v) is 17.0. The van der Waals surface area contributed by atoms with Crippen molar-refractivity contribution in [2.75, 3.05) is 18.1 Å². The monoisotopic (exact) mass is 597 g/mol. The minimum atomic E-state index is -3.15. The average Bonchev–Trinajstić information content (AvgIpc) is 3.53. The molecule has 3 aromatic carbocycles. The van der Waals surface area contributed by atoms with Gasteiger partial charge in [0.1, 0.15) is 5.75 Å². The van der Waals surface area contributed by atoms with Crippen molar-refractivity contribution in [1.82, 2.24) is 14.7 Å². The normalized spacial score (nSPS) is 20.6. The van der Waals surface area contributed by atoms with Crippen LogP contribution in [-0.4, -0.2) is 53.2 Å². The molecule has 0 bridgehead atoms. The van der Waals surface area contributed by atoms with Crippen molar-refractivity contribution in [3.63, 3.8) is 0 Å². The summed E-state index contributed by atoms with van der Waals surface area (Å²) in [7, 11) is -3.15. The number of hydrogen-bond donors (Lipinski definition) is 0. The Kier molecular flexibility index (Phi) is 8.14. The first-order valence-electron chi connectivity index (χ1n) is 15.2. The van der Waals surface area contributed by atoms with Gasteiger partial charge in [0.25, 0.3) is 0 Å². The van der Waals surface area contributed by atoms with E-state index in [4.69, 9.17) is 9.84 Å². The summed E-state index contributed by atoms with van der Waals surface area (Å²) in [5, 5.41) is 5.03. The van der Waals surface area contributed by atoms with Crippen LogP contribution in [-0.2, 0) is 21.2 Å². The molecule has 6 rings (SSSR count). The summed E-state index contributed by atoms with van der Waals surface area (Å²) in [4.78, 5) is 16.0. The number of nitrogens with zero attached hydrogens (tertiary/aromatic N) is 3. The summed E-state index contributed by atoms with van der Waals surface area (Å²) >= 11 is 0. The predicted octanol–water partition coefficient (Wildman–Crippen LogP) is 6.26. The highest BCUT2D eigenvalue weighted by Crippen LogP contribution is 2.52. The summed E-state index contributed by atoms with van der Waals surface area (Å²) in [6.45, 7) is 7.25. The van der Waals surface area contributed by atoms with Crippen LogP contribution in [0.1, 0.15) is 54.4 Å². The Morgan fingerprint density at radius 3 is 2.49 bits per heavy atom. The third-order valence-electron chi connectivity index (χ3n) is 8.59. The minimum absolute atomic E-state index is 0.00909. The zero-order valence-electron chi connectivity index (χ0n) is 25.1. The van der Waals surface area contributed by atoms with Gasteiger partial charge >= 0.3 is 0 Å². The number of aromatic nitrogens is 2. The Morgan fingerprint density at radius 1 is 1.05 bits per heavy atom. The van der Waals surface area contributed by atoms with Crippen molar-refractivity contribution in [3.8, 4) is 22.7 Å². The lowest BCUT2D eigenvalue weighted by molar-refractivity contribution is -0.135. The van der Waals surface area contributed by atoms with E-state index in [-0.39, 0.29) is 35.3 Å². The highest BCUT2D eigenvalue weighted by Gasteiger charge is 2.49. The molecule has 1 saturated heterocycles. The van der Waals surface area contributed by atoms with Gasteiger partial charge in [0, 0.05) is 41.7 Å². The molecule has 1 aromatic heterocycles. The maximum absolute atomic E-state index is 14.2. The zero-order valence-corrected chi connectivity index (χ0v) is 25.9. The number of rotatable bonds is 10. The third-order valence-corrected chi connectivity index (χ3v) is 10.3. The van der Waals surface area contributed by atoms with Crippen LogP contribution in [0.15, 0.2) is 79.0 Å². The van der Waals surface area contributed by atoms with Crippen molar-refractivity contribution in [2.24, 2.45) is 5.92 Å². The second-order valence-electron chi connectivity index (χ2n) is 12.0. The number of hydrogen-bond acceptors (Lipinski definition) is 5. The number of sulfone groups is 1. The first-order chi connectivity index (χ1) is 20.7. The molecule has 3 unspecified atom stereocenters. The molecule has 2 fully saturated rings. The molecule has 43 heavy (non-hydrogen) atoms. The van der Waals surface area contributed by atoms with Crippen LogP contribution in [0.2, 0.25) is 0 Å². The van der Waals surface area contributed by atoms with Crippen LogP contribution < -0.4 is 4.74 Å².